The van der Waals surface area contributed by atoms with Gasteiger partial charge >= 0.3 is 0 Å². The zero-order valence-electron chi connectivity index (χ0n) is 17.2. The number of nitrogens with zero attached hydrogens (tertiary/aromatic N) is 2. The van der Waals surface area contributed by atoms with Gasteiger partial charge in [0.05, 0.1) is 28.4 Å². The molecule has 1 heterocycles. The monoisotopic (exact) mass is 417 g/mol. The molecule has 156 valence electrons. The predicted molar refractivity (Wildman–Crippen MR) is 119 cm³/mol. The number of benzene rings is 2. The molecule has 0 bridgehead atoms. The second-order valence-corrected chi connectivity index (χ2v) is 6.90. The van der Waals surface area contributed by atoms with Crippen LogP contribution in [0.1, 0.15) is 0 Å². The molecule has 0 spiro atoms. The molecule has 1 aliphatic heterocycles. The maximum absolute atomic E-state index is 5.63. The van der Waals surface area contributed by atoms with Crippen molar-refractivity contribution < 1.29 is 18.9 Å². The van der Waals surface area contributed by atoms with Crippen LogP contribution in [0, 0.1) is 0 Å². The summed E-state index contributed by atoms with van der Waals surface area (Å²) in [5.41, 5.74) is 1.98. The van der Waals surface area contributed by atoms with Gasteiger partial charge in [0.1, 0.15) is 5.75 Å². The van der Waals surface area contributed by atoms with Crippen molar-refractivity contribution in [3.8, 4) is 23.0 Å². The quantitative estimate of drug-likeness (QED) is 0.719. The van der Waals surface area contributed by atoms with Crippen LogP contribution in [0.4, 0.5) is 11.4 Å². The van der Waals surface area contributed by atoms with E-state index < -0.39 is 0 Å². The number of piperazine rings is 1. The summed E-state index contributed by atoms with van der Waals surface area (Å²) in [6.07, 6.45) is 0. The van der Waals surface area contributed by atoms with Crippen molar-refractivity contribution >= 4 is 28.7 Å². The van der Waals surface area contributed by atoms with Gasteiger partial charge in [-0.25, -0.2) is 0 Å². The van der Waals surface area contributed by atoms with Gasteiger partial charge in [-0.15, -0.1) is 0 Å². The number of thiocarbonyl (C=S) groups is 1. The summed E-state index contributed by atoms with van der Waals surface area (Å²) in [4.78, 5) is 4.51. The smallest absolute Gasteiger partial charge is 0.203 e. The standard InChI is InChI=1S/C21H27N3O4S/c1-25-17-7-5-16(6-8-17)23-9-11-24(12-10-23)21(29)22-15-13-18(26-2)20(28-4)19(14-15)27-3/h5-8,13-14H,9-12H2,1-4H3,(H,22,29). The highest BCUT2D eigenvalue weighted by Crippen LogP contribution is 2.40. The van der Waals surface area contributed by atoms with Gasteiger partial charge in [-0.05, 0) is 36.5 Å². The normalized spacial score (nSPS) is 13.7. The predicted octanol–water partition coefficient (Wildman–Crippen LogP) is 3.24. The summed E-state index contributed by atoms with van der Waals surface area (Å²) in [6.45, 7) is 3.46. The van der Waals surface area contributed by atoms with Crippen molar-refractivity contribution in [3.05, 3.63) is 36.4 Å². The molecule has 0 amide bonds. The van der Waals surface area contributed by atoms with Crippen LogP contribution in [0.5, 0.6) is 23.0 Å². The number of hydrogen-bond donors (Lipinski definition) is 1. The molecular formula is C21H27N3O4S. The lowest BCUT2D eigenvalue weighted by molar-refractivity contribution is 0.324. The molecule has 0 radical (unpaired) electrons. The first-order valence-electron chi connectivity index (χ1n) is 9.34. The van der Waals surface area contributed by atoms with E-state index in [0.717, 1.165) is 37.6 Å². The summed E-state index contributed by atoms with van der Waals surface area (Å²) >= 11 is 5.63. The van der Waals surface area contributed by atoms with Crippen LogP contribution in [-0.4, -0.2) is 64.6 Å². The molecule has 0 unspecified atom stereocenters. The summed E-state index contributed by atoms with van der Waals surface area (Å²) in [6, 6.07) is 11.8. The van der Waals surface area contributed by atoms with Gasteiger partial charge in [-0.3, -0.25) is 0 Å². The number of rotatable bonds is 6. The van der Waals surface area contributed by atoms with Crippen molar-refractivity contribution in [2.24, 2.45) is 0 Å². The molecule has 8 heteroatoms. The Morgan fingerprint density at radius 1 is 0.828 bits per heavy atom. The summed E-state index contributed by atoms with van der Waals surface area (Å²) < 4.78 is 21.4. The molecule has 1 aliphatic rings. The van der Waals surface area contributed by atoms with Crippen LogP contribution in [-0.2, 0) is 0 Å². The van der Waals surface area contributed by atoms with Crippen LogP contribution < -0.4 is 29.2 Å². The van der Waals surface area contributed by atoms with E-state index in [0.29, 0.717) is 22.4 Å². The molecular weight excluding hydrogens is 390 g/mol. The van der Waals surface area contributed by atoms with Crippen molar-refractivity contribution in [2.75, 3.05) is 64.8 Å². The van der Waals surface area contributed by atoms with Crippen molar-refractivity contribution in [2.45, 2.75) is 0 Å². The molecule has 1 saturated heterocycles. The largest absolute Gasteiger partial charge is 0.497 e. The van der Waals surface area contributed by atoms with E-state index in [1.807, 2.05) is 24.3 Å². The summed E-state index contributed by atoms with van der Waals surface area (Å²) in [5, 5.41) is 3.96. The van der Waals surface area contributed by atoms with Crippen LogP contribution in [0.3, 0.4) is 0 Å². The number of methoxy groups -OCH3 is 4. The molecule has 0 atom stereocenters. The Morgan fingerprint density at radius 3 is 1.90 bits per heavy atom. The first-order valence-corrected chi connectivity index (χ1v) is 9.75. The van der Waals surface area contributed by atoms with E-state index in [9.17, 15) is 0 Å². The number of anilines is 2. The van der Waals surface area contributed by atoms with Crippen LogP contribution in [0.25, 0.3) is 0 Å². The molecule has 7 nitrogen and oxygen atoms in total. The average molecular weight is 418 g/mol. The molecule has 29 heavy (non-hydrogen) atoms. The summed E-state index contributed by atoms with van der Waals surface area (Å²) in [5.74, 6) is 2.59. The maximum atomic E-state index is 5.63. The van der Waals surface area contributed by atoms with Gasteiger partial charge < -0.3 is 34.1 Å². The lowest BCUT2D eigenvalue weighted by Gasteiger charge is -2.37. The highest BCUT2D eigenvalue weighted by molar-refractivity contribution is 7.80. The first-order chi connectivity index (χ1) is 14.1. The molecule has 0 aliphatic carbocycles. The highest BCUT2D eigenvalue weighted by atomic mass is 32.1. The Bertz CT molecular complexity index is 811. The van der Waals surface area contributed by atoms with E-state index in [4.69, 9.17) is 31.2 Å². The zero-order chi connectivity index (χ0) is 20.8. The Morgan fingerprint density at radius 2 is 1.41 bits per heavy atom. The van der Waals surface area contributed by atoms with Crippen molar-refractivity contribution in [1.29, 1.82) is 0 Å². The molecule has 2 aromatic rings. The minimum absolute atomic E-state index is 0.555. The highest BCUT2D eigenvalue weighted by Gasteiger charge is 2.20. The Kier molecular flexibility index (Phi) is 6.87. The zero-order valence-corrected chi connectivity index (χ0v) is 18.0. The number of hydrogen-bond acceptors (Lipinski definition) is 6. The minimum Gasteiger partial charge on any atom is -0.497 e. The van der Waals surface area contributed by atoms with Crippen LogP contribution in [0.2, 0.25) is 0 Å². The van der Waals surface area contributed by atoms with E-state index in [-0.39, 0.29) is 0 Å². The lowest BCUT2D eigenvalue weighted by Crippen LogP contribution is -2.50. The number of ether oxygens (including phenoxy) is 4. The van der Waals surface area contributed by atoms with Gasteiger partial charge in [0.25, 0.3) is 0 Å². The molecule has 1 fully saturated rings. The third-order valence-electron chi connectivity index (χ3n) is 4.92. The fourth-order valence-electron chi connectivity index (χ4n) is 3.32. The van der Waals surface area contributed by atoms with Gasteiger partial charge in [0.15, 0.2) is 16.6 Å². The van der Waals surface area contributed by atoms with Gasteiger partial charge in [-0.2, -0.15) is 0 Å². The molecule has 0 saturated carbocycles. The lowest BCUT2D eigenvalue weighted by atomic mass is 10.2. The third kappa shape index (κ3) is 4.76. The van der Waals surface area contributed by atoms with E-state index >= 15 is 0 Å². The number of nitrogens with one attached hydrogen (secondary N) is 1. The topological polar surface area (TPSA) is 55.4 Å². The Labute approximate surface area is 177 Å². The molecule has 2 aromatic carbocycles. The Balaban J connectivity index is 1.62. The third-order valence-corrected chi connectivity index (χ3v) is 5.28. The van der Waals surface area contributed by atoms with Crippen molar-refractivity contribution in [1.82, 2.24) is 4.90 Å². The second-order valence-electron chi connectivity index (χ2n) is 6.52. The van der Waals surface area contributed by atoms with Gasteiger partial charge in [0, 0.05) is 49.7 Å². The molecule has 3 rings (SSSR count). The summed E-state index contributed by atoms with van der Waals surface area (Å²) in [7, 11) is 6.45. The minimum atomic E-state index is 0.555. The fraction of sp³-hybridized carbons (Fsp3) is 0.381. The fourth-order valence-corrected chi connectivity index (χ4v) is 3.62. The SMILES string of the molecule is COc1ccc(N2CCN(C(=S)Nc3cc(OC)c(OC)c(OC)c3)CC2)cc1. The molecule has 0 aromatic heterocycles. The average Bonchev–Trinajstić information content (AvgIpc) is 2.78. The Hall–Kier alpha value is -2.87. The second kappa shape index (κ2) is 9.56. The van der Waals surface area contributed by atoms with E-state index in [1.54, 1.807) is 28.4 Å². The first kappa shape index (κ1) is 20.9. The van der Waals surface area contributed by atoms with Gasteiger partial charge in [-0.1, -0.05) is 0 Å². The van der Waals surface area contributed by atoms with Gasteiger partial charge in [0.2, 0.25) is 5.75 Å². The van der Waals surface area contributed by atoms with Crippen LogP contribution >= 0.6 is 12.2 Å². The van der Waals surface area contributed by atoms with Crippen LogP contribution in [0.15, 0.2) is 36.4 Å². The van der Waals surface area contributed by atoms with E-state index in [2.05, 4.69) is 27.2 Å². The van der Waals surface area contributed by atoms with Crippen molar-refractivity contribution in [3.63, 3.8) is 0 Å². The maximum Gasteiger partial charge on any atom is 0.203 e. The van der Waals surface area contributed by atoms with E-state index in [1.165, 1.54) is 5.69 Å². The molecule has 1 N–H and O–H groups in total.